The van der Waals surface area contributed by atoms with E-state index < -0.39 is 11.9 Å². The first-order valence-corrected chi connectivity index (χ1v) is 9.73. The van der Waals surface area contributed by atoms with Gasteiger partial charge in [0.15, 0.2) is 5.17 Å². The Kier molecular flexibility index (Phi) is 5.89. The van der Waals surface area contributed by atoms with E-state index in [1.807, 2.05) is 6.92 Å². The number of amides is 3. The third kappa shape index (κ3) is 4.35. The smallest absolute Gasteiger partial charge is 0.345 e. The van der Waals surface area contributed by atoms with Crippen molar-refractivity contribution in [3.05, 3.63) is 45.3 Å². The van der Waals surface area contributed by atoms with Gasteiger partial charge in [0.25, 0.3) is 5.91 Å². The zero-order chi connectivity index (χ0) is 19.4. The van der Waals surface area contributed by atoms with E-state index in [4.69, 9.17) is 0 Å². The average molecular weight is 403 g/mol. The van der Waals surface area contributed by atoms with Gasteiger partial charge in [-0.1, -0.05) is 6.92 Å². The fraction of sp³-hybridized carbons (Fsp3) is 0.176. The van der Waals surface area contributed by atoms with Crippen LogP contribution in [0.25, 0.3) is 6.08 Å². The highest BCUT2D eigenvalue weighted by molar-refractivity contribution is 8.18. The number of carbonyl (C=O) groups excluding carboxylic acids is 2. The second-order valence-electron chi connectivity index (χ2n) is 5.48. The molecule has 10 heteroatoms. The summed E-state index contributed by atoms with van der Waals surface area (Å²) in [4.78, 5) is 35.9. The first-order chi connectivity index (χ1) is 13.0. The fourth-order valence-electron chi connectivity index (χ4n) is 2.24. The molecule has 1 aromatic carbocycles. The number of nitrogens with zero attached hydrogens (tertiary/aromatic N) is 3. The number of phenols is 1. The van der Waals surface area contributed by atoms with E-state index in [1.54, 1.807) is 36.8 Å². The average Bonchev–Trinajstić information content (AvgIpc) is 3.24. The van der Waals surface area contributed by atoms with Crippen molar-refractivity contribution >= 4 is 52.0 Å². The number of aromatic nitrogens is 1. The van der Waals surface area contributed by atoms with Crippen LogP contribution in [0.2, 0.25) is 0 Å². The molecule has 0 bridgehead atoms. The minimum atomic E-state index is -0.614. The number of amidine groups is 1. The number of aryl methyl sites for hydroxylation is 1. The van der Waals surface area contributed by atoms with E-state index in [0.29, 0.717) is 17.1 Å². The minimum absolute atomic E-state index is 0.124. The monoisotopic (exact) mass is 403 g/mol. The van der Waals surface area contributed by atoms with Crippen molar-refractivity contribution in [1.29, 1.82) is 0 Å². The standard InChI is InChI=1S/C17H17N5O3S2/c1-3-19-21-16(25)22-15(24)14(7-12-8-18-9-26-12)27-17(22)20-13-5-4-11(23)6-10(13)2/h4-9,19,23H,3H2,1-2H3,(H,21,25). The van der Waals surface area contributed by atoms with Crippen LogP contribution in [0.5, 0.6) is 5.75 Å². The number of urea groups is 1. The van der Waals surface area contributed by atoms with Crippen LogP contribution >= 0.6 is 23.1 Å². The molecule has 1 saturated heterocycles. The molecule has 1 fully saturated rings. The summed E-state index contributed by atoms with van der Waals surface area (Å²) < 4.78 is 0. The molecule has 2 heterocycles. The van der Waals surface area contributed by atoms with Crippen molar-refractivity contribution in [3.63, 3.8) is 0 Å². The topological polar surface area (TPSA) is 107 Å². The van der Waals surface area contributed by atoms with Gasteiger partial charge in [-0.3, -0.25) is 15.2 Å². The van der Waals surface area contributed by atoms with Crippen molar-refractivity contribution in [2.45, 2.75) is 13.8 Å². The van der Waals surface area contributed by atoms with Crippen LogP contribution in [-0.2, 0) is 4.79 Å². The molecule has 1 aliphatic rings. The van der Waals surface area contributed by atoms with Crippen LogP contribution in [0.15, 0.2) is 39.8 Å². The molecule has 3 amide bonds. The van der Waals surface area contributed by atoms with E-state index in [1.165, 1.54) is 17.4 Å². The highest BCUT2D eigenvalue weighted by atomic mass is 32.2. The normalized spacial score (nSPS) is 17.1. The molecule has 140 valence electrons. The van der Waals surface area contributed by atoms with Gasteiger partial charge >= 0.3 is 6.03 Å². The number of nitrogens with one attached hydrogen (secondary N) is 2. The first kappa shape index (κ1) is 19.1. The summed E-state index contributed by atoms with van der Waals surface area (Å²) >= 11 is 2.50. The molecule has 0 radical (unpaired) electrons. The van der Waals surface area contributed by atoms with Gasteiger partial charge in [-0.15, -0.1) is 11.3 Å². The largest absolute Gasteiger partial charge is 0.508 e. The Morgan fingerprint density at radius 3 is 2.93 bits per heavy atom. The SMILES string of the molecule is CCNNC(=O)N1C(=O)C(=Cc2cncs2)SC1=Nc1ccc(O)cc1C. The molecule has 0 spiro atoms. The third-order valence-electron chi connectivity index (χ3n) is 3.50. The number of aromatic hydroxyl groups is 1. The second kappa shape index (κ2) is 8.33. The van der Waals surface area contributed by atoms with E-state index in [-0.39, 0.29) is 10.9 Å². The van der Waals surface area contributed by atoms with Gasteiger partial charge < -0.3 is 5.11 Å². The van der Waals surface area contributed by atoms with E-state index in [9.17, 15) is 14.7 Å². The molecule has 2 aromatic rings. The molecule has 1 aromatic heterocycles. The number of aliphatic imine (C=N–C) groups is 1. The highest BCUT2D eigenvalue weighted by Crippen LogP contribution is 2.35. The van der Waals surface area contributed by atoms with Gasteiger partial charge in [0, 0.05) is 17.6 Å². The molecule has 8 nitrogen and oxygen atoms in total. The maximum absolute atomic E-state index is 12.8. The number of rotatable bonds is 4. The fourth-order valence-corrected chi connectivity index (χ4v) is 3.83. The lowest BCUT2D eigenvalue weighted by atomic mass is 10.2. The van der Waals surface area contributed by atoms with Gasteiger partial charge in [0.2, 0.25) is 0 Å². The Labute approximate surface area is 164 Å². The quantitative estimate of drug-likeness (QED) is 0.535. The highest BCUT2D eigenvalue weighted by Gasteiger charge is 2.38. The molecule has 0 saturated carbocycles. The summed E-state index contributed by atoms with van der Waals surface area (Å²) in [5.74, 6) is -0.335. The van der Waals surface area contributed by atoms with E-state index in [0.717, 1.165) is 27.1 Å². The Morgan fingerprint density at radius 2 is 2.26 bits per heavy atom. The number of benzene rings is 1. The number of phenolic OH excluding ortho intramolecular Hbond substituents is 1. The van der Waals surface area contributed by atoms with Gasteiger partial charge in [-0.05, 0) is 48.5 Å². The lowest BCUT2D eigenvalue weighted by Gasteiger charge is -2.15. The predicted molar refractivity (Wildman–Crippen MR) is 107 cm³/mol. The molecule has 0 aliphatic carbocycles. The Balaban J connectivity index is 1.98. The number of thiazole rings is 1. The summed E-state index contributed by atoms with van der Waals surface area (Å²) in [5.41, 5.74) is 8.11. The summed E-state index contributed by atoms with van der Waals surface area (Å²) in [6, 6.07) is 4.09. The molecule has 1 aliphatic heterocycles. The van der Waals surface area contributed by atoms with Gasteiger partial charge in [0.1, 0.15) is 5.75 Å². The maximum atomic E-state index is 12.8. The van der Waals surface area contributed by atoms with Gasteiger partial charge in [-0.2, -0.15) is 0 Å². The molecular weight excluding hydrogens is 386 g/mol. The zero-order valence-electron chi connectivity index (χ0n) is 14.6. The van der Waals surface area contributed by atoms with Crippen molar-refractivity contribution in [2.75, 3.05) is 6.54 Å². The van der Waals surface area contributed by atoms with Crippen molar-refractivity contribution in [2.24, 2.45) is 4.99 Å². The van der Waals surface area contributed by atoms with E-state index in [2.05, 4.69) is 20.8 Å². The van der Waals surface area contributed by atoms with Crippen molar-refractivity contribution in [3.8, 4) is 5.75 Å². The Bertz CT molecular complexity index is 925. The molecule has 0 atom stereocenters. The summed E-state index contributed by atoms with van der Waals surface area (Å²) in [6.45, 7) is 4.12. The first-order valence-electron chi connectivity index (χ1n) is 8.03. The number of carbonyl (C=O) groups is 2. The molecule has 3 N–H and O–H groups in total. The third-order valence-corrected chi connectivity index (χ3v) is 5.19. The van der Waals surface area contributed by atoms with Crippen LogP contribution in [0, 0.1) is 6.92 Å². The number of hydrogen-bond acceptors (Lipinski definition) is 8. The predicted octanol–water partition coefficient (Wildman–Crippen LogP) is 3.00. The van der Waals surface area contributed by atoms with Crippen LogP contribution in [0.4, 0.5) is 10.5 Å². The summed E-state index contributed by atoms with van der Waals surface area (Å²) in [5, 5.41) is 9.80. The van der Waals surface area contributed by atoms with Crippen LogP contribution in [0.1, 0.15) is 17.4 Å². The minimum Gasteiger partial charge on any atom is -0.508 e. The van der Waals surface area contributed by atoms with Crippen LogP contribution in [0.3, 0.4) is 0 Å². The van der Waals surface area contributed by atoms with Crippen LogP contribution < -0.4 is 10.9 Å². The van der Waals surface area contributed by atoms with Crippen molar-refractivity contribution < 1.29 is 14.7 Å². The second-order valence-corrected chi connectivity index (χ2v) is 7.41. The van der Waals surface area contributed by atoms with Crippen LogP contribution in [-0.4, -0.2) is 38.6 Å². The maximum Gasteiger partial charge on any atom is 0.345 e. The lowest BCUT2D eigenvalue weighted by molar-refractivity contribution is -0.120. The molecule has 3 rings (SSSR count). The zero-order valence-corrected chi connectivity index (χ0v) is 16.2. The van der Waals surface area contributed by atoms with Gasteiger partial charge in [0.05, 0.1) is 16.1 Å². The van der Waals surface area contributed by atoms with Crippen molar-refractivity contribution in [1.82, 2.24) is 20.7 Å². The summed E-state index contributed by atoms with van der Waals surface area (Å²) in [6.07, 6.45) is 3.33. The number of hydrogen-bond donors (Lipinski definition) is 3. The number of imide groups is 1. The lowest BCUT2D eigenvalue weighted by Crippen LogP contribution is -2.48. The number of thioether (sulfide) groups is 1. The van der Waals surface area contributed by atoms with Gasteiger partial charge in [-0.25, -0.2) is 20.1 Å². The Hall–Kier alpha value is -2.69. The van der Waals surface area contributed by atoms with E-state index >= 15 is 0 Å². The molecule has 27 heavy (non-hydrogen) atoms. The Morgan fingerprint density at radius 1 is 1.44 bits per heavy atom. The molecule has 0 unspecified atom stereocenters. The molecular formula is C17H17N5O3S2. The summed E-state index contributed by atoms with van der Waals surface area (Å²) in [7, 11) is 0. The number of hydrazine groups is 1.